The molecule has 0 aliphatic heterocycles. The number of phosphoric ester groups is 4. The van der Waals surface area contributed by atoms with Crippen LogP contribution >= 0.6 is 31.3 Å². The molecule has 0 spiro atoms. The fourth-order valence-electron chi connectivity index (χ4n) is 6.77. The predicted molar refractivity (Wildman–Crippen MR) is 400 cm³/mol. The smallest absolute Gasteiger partial charge is 0.386 e. The summed E-state index contributed by atoms with van der Waals surface area (Å²) < 4.78 is 123. The van der Waals surface area contributed by atoms with Crippen molar-refractivity contribution in [3.05, 3.63) is 291 Å². The van der Waals surface area contributed by atoms with Crippen LogP contribution in [0.4, 0.5) is 0 Å². The quantitative estimate of drug-likeness (QED) is 0.0521. The summed E-state index contributed by atoms with van der Waals surface area (Å²) in [6.07, 6.45) is 0. The topological polar surface area (TPSA) is 179 Å². The molecule has 10 rings (SSSR count). The normalized spacial score (nSPS) is 9.73. The van der Waals surface area contributed by atoms with Gasteiger partial charge in [-0.2, -0.15) is 18.3 Å². The van der Waals surface area contributed by atoms with Crippen molar-refractivity contribution in [2.75, 3.05) is 0 Å². The fraction of sp³-hybridized carbons (Fsp3) is 0.221. The van der Waals surface area contributed by atoms with Crippen molar-refractivity contribution in [3.63, 3.8) is 0 Å². The van der Waals surface area contributed by atoms with Gasteiger partial charge >= 0.3 is 31.3 Å². The van der Waals surface area contributed by atoms with Crippen molar-refractivity contribution in [2.45, 2.75) is 118 Å². The lowest BCUT2D eigenvalue weighted by Crippen LogP contribution is -2.09. The SMILES string of the molecule is C.CC.CC.CC.CC.CC.CC.CC.CC.O=P(Oc1ccccc1)(Oc1ccccc1)Oc1ccc(OP(=O)(Oc2ccccc2)Oc2ccccc2)cc1.O=P(Oc1ccccc1)(Oc1ccccc1)Oc1cccc(OP(=O)(Oc2ccccc2)Oc2ccccc2)c1. The monoisotopic (exact) mass is 1400 g/mol. The van der Waals surface area contributed by atoms with E-state index in [0.29, 0.717) is 23.0 Å². The summed E-state index contributed by atoms with van der Waals surface area (Å²) in [4.78, 5) is 0. The molecule has 0 N–H and O–H groups in total. The minimum atomic E-state index is -4.25. The molecule has 16 nitrogen and oxygen atoms in total. The van der Waals surface area contributed by atoms with E-state index >= 15 is 0 Å². The molecule has 0 aliphatic carbocycles. The molecule has 0 fully saturated rings. The third-order valence-electron chi connectivity index (χ3n) is 10.2. The van der Waals surface area contributed by atoms with Crippen LogP contribution in [0.1, 0.15) is 118 Å². The Balaban J connectivity index is 0.00000156. The number of para-hydroxylation sites is 8. The lowest BCUT2D eigenvalue weighted by molar-refractivity contribution is 0.293. The van der Waals surface area contributed by atoms with Crippen molar-refractivity contribution in [1.82, 2.24) is 0 Å². The third kappa shape index (κ3) is 34.3. The average molecular weight is 1410 g/mol. The van der Waals surface area contributed by atoms with Gasteiger partial charge in [-0.05, 0) is 133 Å². The Hall–Kier alpha value is -9.28. The maximum absolute atomic E-state index is 13.8. The zero-order valence-electron chi connectivity index (χ0n) is 58.0. The van der Waals surface area contributed by atoms with Crippen molar-refractivity contribution in [2.24, 2.45) is 0 Å². The van der Waals surface area contributed by atoms with E-state index in [0.717, 1.165) is 0 Å². The zero-order valence-corrected chi connectivity index (χ0v) is 61.6. The molecule has 0 atom stereocenters. The van der Waals surface area contributed by atoms with Crippen LogP contribution in [0.15, 0.2) is 291 Å². The maximum atomic E-state index is 13.8. The molecule has 0 radical (unpaired) electrons. The molecule has 0 saturated carbocycles. The van der Waals surface area contributed by atoms with E-state index in [2.05, 4.69) is 0 Å². The molecule has 0 amide bonds. The average Bonchev–Trinajstić information content (AvgIpc) is 0.843. The minimum absolute atomic E-state index is 0. The van der Waals surface area contributed by atoms with Crippen LogP contribution in [0.25, 0.3) is 0 Å². The zero-order chi connectivity index (χ0) is 71.4. The highest BCUT2D eigenvalue weighted by atomic mass is 31.2. The summed E-state index contributed by atoms with van der Waals surface area (Å²) in [5.74, 6) is 2.80. The summed E-state index contributed by atoms with van der Waals surface area (Å²) >= 11 is 0. The minimum Gasteiger partial charge on any atom is -0.386 e. The molecule has 0 aliphatic rings. The summed E-state index contributed by atoms with van der Waals surface area (Å²) in [6, 6.07) is 80.1. The van der Waals surface area contributed by atoms with Crippen LogP contribution in [-0.2, 0) is 18.3 Å². The van der Waals surface area contributed by atoms with Gasteiger partial charge < -0.3 is 54.3 Å². The van der Waals surface area contributed by atoms with Gasteiger partial charge in [0.2, 0.25) is 0 Å². The molecular formula is C77H100O16P4. The van der Waals surface area contributed by atoms with Crippen LogP contribution in [-0.4, -0.2) is 0 Å². The second-order valence-electron chi connectivity index (χ2n) is 16.3. The number of hydrogen-bond donors (Lipinski definition) is 0. The van der Waals surface area contributed by atoms with E-state index in [4.69, 9.17) is 54.3 Å². The second-order valence-corrected chi connectivity index (χ2v) is 22.1. The highest BCUT2D eigenvalue weighted by Crippen LogP contribution is 2.55. The van der Waals surface area contributed by atoms with Crippen molar-refractivity contribution < 1.29 is 72.5 Å². The predicted octanol–water partition coefficient (Wildman–Crippen LogP) is 26.8. The molecule has 524 valence electrons. The molecule has 10 aromatic rings. The lowest BCUT2D eigenvalue weighted by Gasteiger charge is -2.21. The Morgan fingerprint density at radius 3 is 0.392 bits per heavy atom. The van der Waals surface area contributed by atoms with E-state index in [1.54, 1.807) is 249 Å². The maximum Gasteiger partial charge on any atom is 0.647 e. The molecule has 0 saturated heterocycles. The second kappa shape index (κ2) is 52.0. The van der Waals surface area contributed by atoms with Crippen LogP contribution in [0, 0.1) is 0 Å². The van der Waals surface area contributed by atoms with E-state index in [1.165, 1.54) is 42.5 Å². The van der Waals surface area contributed by atoms with Gasteiger partial charge in [-0.3, -0.25) is 0 Å². The van der Waals surface area contributed by atoms with Crippen molar-refractivity contribution in [3.8, 4) is 69.0 Å². The summed E-state index contributed by atoms with van der Waals surface area (Å²) in [7, 11) is -16.9. The molecule has 0 bridgehead atoms. The first-order valence-corrected chi connectivity index (χ1v) is 38.1. The lowest BCUT2D eigenvalue weighted by atomic mass is 10.3. The molecule has 10 aromatic carbocycles. The van der Waals surface area contributed by atoms with Crippen LogP contribution in [0.2, 0.25) is 0 Å². The van der Waals surface area contributed by atoms with Gasteiger partial charge in [0.05, 0.1) is 0 Å². The third-order valence-corrected chi connectivity index (χ3v) is 15.4. The Labute approximate surface area is 579 Å². The first-order chi connectivity index (χ1) is 46.9. The van der Waals surface area contributed by atoms with E-state index < -0.39 is 31.3 Å². The van der Waals surface area contributed by atoms with Gasteiger partial charge in [0.15, 0.2) is 0 Å². The van der Waals surface area contributed by atoms with E-state index in [-0.39, 0.29) is 53.4 Å². The van der Waals surface area contributed by atoms with Gasteiger partial charge in [0, 0.05) is 6.07 Å². The molecule has 0 aromatic heterocycles. The highest BCUT2D eigenvalue weighted by molar-refractivity contribution is 7.50. The van der Waals surface area contributed by atoms with Gasteiger partial charge in [-0.15, -0.1) is 0 Å². The van der Waals surface area contributed by atoms with Crippen LogP contribution in [0.5, 0.6) is 69.0 Å². The van der Waals surface area contributed by atoms with Crippen LogP contribution < -0.4 is 54.3 Å². The summed E-state index contributed by atoms with van der Waals surface area (Å²) in [6.45, 7) is 32.0. The number of benzene rings is 10. The van der Waals surface area contributed by atoms with Gasteiger partial charge in [0.25, 0.3) is 0 Å². The van der Waals surface area contributed by atoms with E-state index in [1.807, 2.05) is 111 Å². The number of hydrogen-bond acceptors (Lipinski definition) is 16. The molecule has 0 heterocycles. The Kier molecular flexibility index (Phi) is 47.0. The van der Waals surface area contributed by atoms with E-state index in [9.17, 15) is 18.3 Å². The Morgan fingerprint density at radius 1 is 0.155 bits per heavy atom. The van der Waals surface area contributed by atoms with Gasteiger partial charge in [-0.1, -0.05) is 270 Å². The van der Waals surface area contributed by atoms with Gasteiger partial charge in [0.1, 0.15) is 69.0 Å². The number of rotatable bonds is 24. The largest absolute Gasteiger partial charge is 0.647 e. The molecular weight excluding hydrogens is 1300 g/mol. The van der Waals surface area contributed by atoms with Gasteiger partial charge in [-0.25, -0.2) is 0 Å². The van der Waals surface area contributed by atoms with Crippen molar-refractivity contribution >= 4 is 31.3 Å². The summed E-state index contributed by atoms with van der Waals surface area (Å²) in [5.41, 5.74) is 0. The first kappa shape index (κ1) is 87.7. The summed E-state index contributed by atoms with van der Waals surface area (Å²) in [5, 5.41) is 0. The fourth-order valence-corrected chi connectivity index (χ4v) is 11.8. The molecule has 0 unspecified atom stereocenters. The standard InChI is InChI=1S/2C30H24O8P2.8C2H6.CH4/c31-39(33-25-14-5-1-6-15-25,34-26-16-7-2-8-17-26)37-29-22-13-23-30(24-29)38-40(32,35-27-18-9-3-10-19-27)36-28-20-11-4-12-21-28;31-39(33-25-13-5-1-6-14-25,34-26-15-7-2-8-16-26)37-29-21-23-30(24-22-29)38-40(32,35-27-17-9-3-10-18-27)36-28-19-11-4-12-20-28;8*1-2;/h2*1-24H;8*1-2H3;1H4. The van der Waals surface area contributed by atoms with Crippen molar-refractivity contribution in [1.29, 1.82) is 0 Å². The Bertz CT molecular complexity index is 3260. The van der Waals surface area contributed by atoms with Crippen LogP contribution in [0.3, 0.4) is 0 Å². The highest BCUT2D eigenvalue weighted by Gasteiger charge is 2.37. The molecule has 97 heavy (non-hydrogen) atoms. The molecule has 20 heteroatoms. The number of phosphoric acid groups is 4. The Morgan fingerprint density at radius 2 is 0.258 bits per heavy atom. The first-order valence-electron chi connectivity index (χ1n) is 32.3.